The number of piperidine rings is 1. The highest BCUT2D eigenvalue weighted by Crippen LogP contribution is 2.25. The molecule has 1 aliphatic rings. The molecule has 2 rings (SSSR count). The van der Waals surface area contributed by atoms with E-state index >= 15 is 0 Å². The number of carbonyl (C=O) groups is 1. The van der Waals surface area contributed by atoms with E-state index in [1.165, 1.54) is 10.4 Å². The molecule has 1 saturated heterocycles. The van der Waals surface area contributed by atoms with Gasteiger partial charge < -0.3 is 9.90 Å². The summed E-state index contributed by atoms with van der Waals surface area (Å²) in [5.41, 5.74) is 0. The van der Waals surface area contributed by atoms with Crippen molar-refractivity contribution in [2.75, 3.05) is 13.1 Å². The Hall–Kier alpha value is -0.920. The SMILES string of the molecule is O=C([O-])[C@H]1CCCN(S(=O)(=O)c2cccs2)C1. The minimum absolute atomic E-state index is 0.0164. The fraction of sp³-hybridized carbons (Fsp3) is 0.500. The van der Waals surface area contributed by atoms with Crippen molar-refractivity contribution in [3.05, 3.63) is 17.5 Å². The van der Waals surface area contributed by atoms with Gasteiger partial charge in [-0.05, 0) is 24.3 Å². The highest BCUT2D eigenvalue weighted by Gasteiger charge is 2.31. The van der Waals surface area contributed by atoms with Crippen molar-refractivity contribution in [2.24, 2.45) is 5.92 Å². The normalized spacial score (nSPS) is 22.5. The molecule has 0 amide bonds. The van der Waals surface area contributed by atoms with E-state index in [4.69, 9.17) is 0 Å². The van der Waals surface area contributed by atoms with Crippen LogP contribution in [0.3, 0.4) is 0 Å². The molecule has 0 saturated carbocycles. The first kappa shape index (κ1) is 12.5. The van der Waals surface area contributed by atoms with E-state index in [1.807, 2.05) is 0 Å². The molecule has 1 aliphatic heterocycles. The van der Waals surface area contributed by atoms with Crippen LogP contribution in [0.1, 0.15) is 12.8 Å². The molecule has 0 spiro atoms. The van der Waals surface area contributed by atoms with Gasteiger partial charge in [0, 0.05) is 25.0 Å². The summed E-state index contributed by atoms with van der Waals surface area (Å²) in [6.45, 7) is 0.395. The van der Waals surface area contributed by atoms with Gasteiger partial charge in [-0.2, -0.15) is 4.31 Å². The monoisotopic (exact) mass is 274 g/mol. The molecular formula is C10H12NO4S2-. The first-order valence-corrected chi connectivity index (χ1v) is 7.58. The van der Waals surface area contributed by atoms with Crippen LogP contribution < -0.4 is 5.11 Å². The molecule has 94 valence electrons. The van der Waals surface area contributed by atoms with Crippen LogP contribution >= 0.6 is 11.3 Å². The molecule has 1 aromatic rings. The highest BCUT2D eigenvalue weighted by molar-refractivity contribution is 7.91. The first-order valence-electron chi connectivity index (χ1n) is 5.26. The molecular weight excluding hydrogens is 262 g/mol. The van der Waals surface area contributed by atoms with E-state index in [0.29, 0.717) is 19.4 Å². The predicted octanol–water partition coefficient (Wildman–Crippen LogP) is -0.101. The Bertz CT molecular complexity index is 494. The number of thiophene rings is 1. The highest BCUT2D eigenvalue weighted by atomic mass is 32.2. The zero-order valence-electron chi connectivity index (χ0n) is 9.03. The summed E-state index contributed by atoms with van der Waals surface area (Å²) in [6.07, 6.45) is 1.04. The Balaban J connectivity index is 2.20. The van der Waals surface area contributed by atoms with Gasteiger partial charge in [0.2, 0.25) is 0 Å². The summed E-state index contributed by atoms with van der Waals surface area (Å²) in [5.74, 6) is -1.87. The fourth-order valence-corrected chi connectivity index (χ4v) is 4.56. The van der Waals surface area contributed by atoms with Gasteiger partial charge in [0.05, 0.1) is 0 Å². The number of carboxylic acid groups (broad SMARTS) is 1. The molecule has 0 radical (unpaired) electrons. The van der Waals surface area contributed by atoms with Gasteiger partial charge in [-0.3, -0.25) is 0 Å². The second kappa shape index (κ2) is 4.75. The predicted molar refractivity (Wildman–Crippen MR) is 60.8 cm³/mol. The standard InChI is InChI=1S/C10H13NO4S2/c12-10(13)8-3-1-5-11(7-8)17(14,15)9-4-2-6-16-9/h2,4,6,8H,1,3,5,7H2,(H,12,13)/p-1/t8-/m0/s1. The Morgan fingerprint density at radius 3 is 2.88 bits per heavy atom. The first-order chi connectivity index (χ1) is 8.01. The number of carbonyl (C=O) groups excluding carboxylic acids is 1. The van der Waals surface area contributed by atoms with Crippen LogP contribution in [0.2, 0.25) is 0 Å². The molecule has 0 bridgehead atoms. The Labute approximate surface area is 104 Å². The van der Waals surface area contributed by atoms with Gasteiger partial charge in [-0.25, -0.2) is 8.42 Å². The lowest BCUT2D eigenvalue weighted by molar-refractivity contribution is -0.312. The number of carboxylic acids is 1. The summed E-state index contributed by atoms with van der Waals surface area (Å²) in [5, 5.41) is 12.5. The summed E-state index contributed by atoms with van der Waals surface area (Å²) in [4.78, 5) is 10.8. The summed E-state index contributed by atoms with van der Waals surface area (Å²) in [6, 6.07) is 3.19. The molecule has 1 atom stereocenters. The average molecular weight is 274 g/mol. The smallest absolute Gasteiger partial charge is 0.252 e. The van der Waals surface area contributed by atoms with Crippen molar-refractivity contribution in [1.82, 2.24) is 4.31 Å². The zero-order valence-corrected chi connectivity index (χ0v) is 10.7. The van der Waals surface area contributed by atoms with Gasteiger partial charge in [0.1, 0.15) is 4.21 Å². The van der Waals surface area contributed by atoms with Crippen molar-refractivity contribution >= 4 is 27.3 Å². The number of sulfonamides is 1. The maximum atomic E-state index is 12.1. The van der Waals surface area contributed by atoms with Crippen LogP contribution in [0, 0.1) is 5.92 Å². The minimum atomic E-state index is -3.52. The van der Waals surface area contributed by atoms with Crippen LogP contribution in [0.5, 0.6) is 0 Å². The molecule has 1 fully saturated rings. The third kappa shape index (κ3) is 2.51. The summed E-state index contributed by atoms with van der Waals surface area (Å²) in [7, 11) is -3.52. The van der Waals surface area contributed by atoms with E-state index in [0.717, 1.165) is 11.3 Å². The van der Waals surface area contributed by atoms with Crippen LogP contribution in [-0.4, -0.2) is 31.8 Å². The number of rotatable bonds is 3. The van der Waals surface area contributed by atoms with Gasteiger partial charge in [0.15, 0.2) is 0 Å². The van der Waals surface area contributed by atoms with Crippen molar-refractivity contribution < 1.29 is 18.3 Å². The Morgan fingerprint density at radius 1 is 1.53 bits per heavy atom. The molecule has 1 aromatic heterocycles. The number of nitrogens with zero attached hydrogens (tertiary/aromatic N) is 1. The van der Waals surface area contributed by atoms with Crippen LogP contribution in [-0.2, 0) is 14.8 Å². The van der Waals surface area contributed by atoms with Crippen molar-refractivity contribution in [3.63, 3.8) is 0 Å². The Kier molecular flexibility index (Phi) is 3.50. The average Bonchev–Trinajstić information content (AvgIpc) is 2.83. The third-order valence-electron chi connectivity index (χ3n) is 2.81. The molecule has 0 N–H and O–H groups in total. The quantitative estimate of drug-likeness (QED) is 0.771. The van der Waals surface area contributed by atoms with Crippen LogP contribution in [0.4, 0.5) is 0 Å². The zero-order chi connectivity index (χ0) is 12.5. The number of aliphatic carboxylic acids is 1. The second-order valence-electron chi connectivity index (χ2n) is 3.95. The van der Waals surface area contributed by atoms with E-state index in [1.54, 1.807) is 11.4 Å². The maximum Gasteiger partial charge on any atom is 0.252 e. The molecule has 17 heavy (non-hydrogen) atoms. The molecule has 0 aliphatic carbocycles. The van der Waals surface area contributed by atoms with E-state index < -0.39 is 21.9 Å². The van der Waals surface area contributed by atoms with Gasteiger partial charge >= 0.3 is 0 Å². The van der Waals surface area contributed by atoms with Crippen LogP contribution in [0.25, 0.3) is 0 Å². The lowest BCUT2D eigenvalue weighted by Gasteiger charge is -2.31. The molecule has 0 unspecified atom stereocenters. The summed E-state index contributed by atoms with van der Waals surface area (Å²) >= 11 is 1.14. The molecule has 5 nitrogen and oxygen atoms in total. The van der Waals surface area contributed by atoms with Crippen molar-refractivity contribution in [2.45, 2.75) is 17.1 Å². The fourth-order valence-electron chi connectivity index (χ4n) is 1.89. The summed E-state index contributed by atoms with van der Waals surface area (Å²) < 4.78 is 25.8. The van der Waals surface area contributed by atoms with Gasteiger partial charge in [-0.15, -0.1) is 11.3 Å². The lowest BCUT2D eigenvalue weighted by Crippen LogP contribution is -2.45. The topological polar surface area (TPSA) is 77.5 Å². The largest absolute Gasteiger partial charge is 0.550 e. The van der Waals surface area contributed by atoms with Crippen molar-refractivity contribution in [3.8, 4) is 0 Å². The Morgan fingerprint density at radius 2 is 2.29 bits per heavy atom. The van der Waals surface area contributed by atoms with Crippen molar-refractivity contribution in [1.29, 1.82) is 0 Å². The number of hydrogen-bond donors (Lipinski definition) is 0. The van der Waals surface area contributed by atoms with Gasteiger partial charge in [-0.1, -0.05) is 6.07 Å². The molecule has 0 aromatic carbocycles. The third-order valence-corrected chi connectivity index (χ3v) is 6.04. The van der Waals surface area contributed by atoms with E-state index in [-0.39, 0.29) is 10.8 Å². The molecule has 2 heterocycles. The van der Waals surface area contributed by atoms with E-state index in [2.05, 4.69) is 0 Å². The minimum Gasteiger partial charge on any atom is -0.550 e. The van der Waals surface area contributed by atoms with Crippen LogP contribution in [0.15, 0.2) is 21.7 Å². The second-order valence-corrected chi connectivity index (χ2v) is 7.07. The van der Waals surface area contributed by atoms with E-state index in [9.17, 15) is 18.3 Å². The molecule has 7 heteroatoms. The van der Waals surface area contributed by atoms with Gasteiger partial charge in [0.25, 0.3) is 10.0 Å². The lowest BCUT2D eigenvalue weighted by atomic mass is 10.0. The maximum absolute atomic E-state index is 12.1. The number of hydrogen-bond acceptors (Lipinski definition) is 5.